The van der Waals surface area contributed by atoms with Crippen LogP contribution in [0.15, 0.2) is 57.4 Å². The van der Waals surface area contributed by atoms with Crippen LogP contribution in [0, 0.1) is 10.1 Å². The van der Waals surface area contributed by atoms with Crippen molar-refractivity contribution in [1.29, 1.82) is 0 Å². The number of rotatable bonds is 6. The molecular formula is C17H14N4O3S. The highest BCUT2D eigenvalue weighted by Gasteiger charge is 2.30. The highest BCUT2D eigenvalue weighted by molar-refractivity contribution is 8.02. The van der Waals surface area contributed by atoms with Crippen molar-refractivity contribution in [3.8, 4) is 5.69 Å². The molecule has 0 unspecified atom stereocenters. The van der Waals surface area contributed by atoms with E-state index in [2.05, 4.69) is 10.1 Å². The average molecular weight is 354 g/mol. The molecule has 2 aromatic heterocycles. The fourth-order valence-electron chi connectivity index (χ4n) is 2.41. The van der Waals surface area contributed by atoms with E-state index < -0.39 is 4.92 Å². The molecule has 0 spiro atoms. The molecule has 1 fully saturated rings. The topological polar surface area (TPSA) is 87.0 Å². The fraction of sp³-hybridized carbons (Fsp3) is 0.176. The summed E-state index contributed by atoms with van der Waals surface area (Å²) in [6.45, 7) is 0. The maximum Gasteiger partial charge on any atom is 0.433 e. The molecule has 2 heterocycles. The van der Waals surface area contributed by atoms with Crippen molar-refractivity contribution in [2.45, 2.75) is 23.9 Å². The van der Waals surface area contributed by atoms with E-state index in [-0.39, 0.29) is 5.88 Å². The third kappa shape index (κ3) is 3.48. The number of nitro groups is 1. The molecule has 1 aliphatic carbocycles. The van der Waals surface area contributed by atoms with Crippen LogP contribution in [0.4, 0.5) is 5.88 Å². The minimum atomic E-state index is -0.560. The van der Waals surface area contributed by atoms with Crippen molar-refractivity contribution in [1.82, 2.24) is 14.8 Å². The fourth-order valence-corrected chi connectivity index (χ4v) is 3.01. The molecule has 126 valence electrons. The van der Waals surface area contributed by atoms with Crippen LogP contribution in [0.1, 0.15) is 30.3 Å². The summed E-state index contributed by atoms with van der Waals surface area (Å²) >= 11 is 1.35. The van der Waals surface area contributed by atoms with E-state index in [0.717, 1.165) is 24.4 Å². The summed E-state index contributed by atoms with van der Waals surface area (Å²) in [5.41, 5.74) is 0.995. The molecule has 25 heavy (non-hydrogen) atoms. The van der Waals surface area contributed by atoms with Gasteiger partial charge in [0, 0.05) is 5.92 Å². The number of nitrogens with zero attached hydrogens (tertiary/aromatic N) is 4. The minimum Gasteiger partial charge on any atom is -0.401 e. The molecular weight excluding hydrogens is 340 g/mol. The van der Waals surface area contributed by atoms with Gasteiger partial charge in [-0.05, 0) is 42.5 Å². The lowest BCUT2D eigenvalue weighted by molar-refractivity contribution is -0.402. The van der Waals surface area contributed by atoms with Crippen LogP contribution in [-0.2, 0) is 0 Å². The van der Waals surface area contributed by atoms with Gasteiger partial charge >= 0.3 is 5.88 Å². The number of para-hydroxylation sites is 1. The quantitative estimate of drug-likeness (QED) is 0.370. The Bertz CT molecular complexity index is 929. The molecule has 8 heteroatoms. The Morgan fingerprint density at radius 1 is 1.24 bits per heavy atom. The molecule has 0 atom stereocenters. The van der Waals surface area contributed by atoms with Gasteiger partial charge in [-0.25, -0.2) is 9.67 Å². The van der Waals surface area contributed by atoms with E-state index in [4.69, 9.17) is 4.42 Å². The zero-order valence-electron chi connectivity index (χ0n) is 13.1. The number of furan rings is 1. The standard InChI is InChI=1S/C17H14N4O3S/c22-21(23)15-9-8-14(24-15)10-11-25-17-18-16(12-6-7-12)20(19-17)13-4-2-1-3-5-13/h1-5,8-12H,6-7H2/b11-10+. The molecule has 4 rings (SSSR count). The lowest BCUT2D eigenvalue weighted by atomic mass is 10.3. The van der Waals surface area contributed by atoms with Gasteiger partial charge in [-0.1, -0.05) is 30.0 Å². The van der Waals surface area contributed by atoms with Gasteiger partial charge in [-0.15, -0.1) is 5.10 Å². The van der Waals surface area contributed by atoms with Gasteiger partial charge in [0.05, 0.1) is 11.8 Å². The monoisotopic (exact) mass is 354 g/mol. The summed E-state index contributed by atoms with van der Waals surface area (Å²) in [4.78, 5) is 14.7. The highest BCUT2D eigenvalue weighted by Crippen LogP contribution is 2.40. The lowest BCUT2D eigenvalue weighted by Crippen LogP contribution is -2.01. The van der Waals surface area contributed by atoms with E-state index in [9.17, 15) is 10.1 Å². The number of hydrogen-bond donors (Lipinski definition) is 0. The maximum atomic E-state index is 10.6. The largest absolute Gasteiger partial charge is 0.433 e. The van der Waals surface area contributed by atoms with Crippen molar-refractivity contribution in [3.63, 3.8) is 0 Å². The normalized spacial score (nSPS) is 14.2. The highest BCUT2D eigenvalue weighted by atomic mass is 32.2. The number of thioether (sulfide) groups is 1. The van der Waals surface area contributed by atoms with Crippen LogP contribution in [0.2, 0.25) is 0 Å². The second-order valence-electron chi connectivity index (χ2n) is 5.63. The molecule has 0 radical (unpaired) electrons. The van der Waals surface area contributed by atoms with E-state index in [1.165, 1.54) is 17.8 Å². The van der Waals surface area contributed by atoms with Gasteiger partial charge in [-0.2, -0.15) is 0 Å². The van der Waals surface area contributed by atoms with Crippen molar-refractivity contribution in [2.75, 3.05) is 0 Å². The minimum absolute atomic E-state index is 0.271. The van der Waals surface area contributed by atoms with Crippen molar-refractivity contribution in [2.24, 2.45) is 0 Å². The van der Waals surface area contributed by atoms with E-state index in [1.54, 1.807) is 17.6 Å². The van der Waals surface area contributed by atoms with Crippen LogP contribution in [0.3, 0.4) is 0 Å². The molecule has 0 N–H and O–H groups in total. The van der Waals surface area contributed by atoms with Gasteiger partial charge in [0.2, 0.25) is 5.16 Å². The first kappa shape index (κ1) is 15.6. The van der Waals surface area contributed by atoms with E-state index >= 15 is 0 Å². The van der Waals surface area contributed by atoms with Crippen LogP contribution < -0.4 is 0 Å². The predicted octanol–water partition coefficient (Wildman–Crippen LogP) is 4.41. The third-order valence-electron chi connectivity index (χ3n) is 3.75. The Labute approximate surface area is 147 Å². The average Bonchev–Trinajstić information content (AvgIpc) is 3.20. The summed E-state index contributed by atoms with van der Waals surface area (Å²) < 4.78 is 6.98. The molecule has 1 saturated carbocycles. The van der Waals surface area contributed by atoms with Crippen molar-refractivity contribution in [3.05, 3.63) is 69.6 Å². The molecule has 0 aliphatic heterocycles. The Morgan fingerprint density at radius 3 is 2.72 bits per heavy atom. The van der Waals surface area contributed by atoms with Crippen LogP contribution in [0.25, 0.3) is 11.8 Å². The zero-order valence-corrected chi connectivity index (χ0v) is 13.9. The molecule has 3 aromatic rings. The van der Waals surface area contributed by atoms with Gasteiger partial charge in [0.25, 0.3) is 0 Å². The lowest BCUT2D eigenvalue weighted by Gasteiger charge is -2.03. The number of benzene rings is 1. The second-order valence-corrected chi connectivity index (χ2v) is 6.50. The SMILES string of the molecule is O=[N+]([O-])c1ccc(/C=C/Sc2nc(C3CC3)n(-c3ccccc3)n2)o1. The van der Waals surface area contributed by atoms with Crippen molar-refractivity contribution < 1.29 is 9.34 Å². The third-order valence-corrected chi connectivity index (χ3v) is 4.41. The molecule has 0 bridgehead atoms. The van der Waals surface area contributed by atoms with Gasteiger partial charge in [-0.3, -0.25) is 10.1 Å². The number of aromatic nitrogens is 3. The van der Waals surface area contributed by atoms with Crippen LogP contribution in [-0.4, -0.2) is 19.7 Å². The van der Waals surface area contributed by atoms with Gasteiger partial charge in [0.15, 0.2) is 0 Å². The van der Waals surface area contributed by atoms with E-state index in [0.29, 0.717) is 16.8 Å². The Hall–Kier alpha value is -2.87. The first-order valence-corrected chi connectivity index (χ1v) is 8.68. The zero-order chi connectivity index (χ0) is 17.2. The first-order chi connectivity index (χ1) is 12.2. The van der Waals surface area contributed by atoms with Crippen LogP contribution >= 0.6 is 11.8 Å². The predicted molar refractivity (Wildman–Crippen MR) is 93.6 cm³/mol. The van der Waals surface area contributed by atoms with Gasteiger partial charge in [0.1, 0.15) is 16.5 Å². The molecule has 0 amide bonds. The van der Waals surface area contributed by atoms with Crippen molar-refractivity contribution >= 4 is 23.7 Å². The summed E-state index contributed by atoms with van der Waals surface area (Å²) in [7, 11) is 0. The van der Waals surface area contributed by atoms with E-state index in [1.807, 2.05) is 35.0 Å². The van der Waals surface area contributed by atoms with Gasteiger partial charge < -0.3 is 4.42 Å². The molecule has 0 saturated heterocycles. The molecule has 7 nitrogen and oxygen atoms in total. The summed E-state index contributed by atoms with van der Waals surface area (Å²) in [6.07, 6.45) is 3.95. The number of hydrogen-bond acceptors (Lipinski definition) is 6. The Morgan fingerprint density at radius 2 is 2.04 bits per heavy atom. The second kappa shape index (κ2) is 6.56. The summed E-state index contributed by atoms with van der Waals surface area (Å²) in [5, 5.41) is 17.6. The Kier molecular flexibility index (Phi) is 4.10. The summed E-state index contributed by atoms with van der Waals surface area (Å²) in [6, 6.07) is 12.8. The Balaban J connectivity index is 1.52. The van der Waals surface area contributed by atoms with Crippen LogP contribution in [0.5, 0.6) is 0 Å². The smallest absolute Gasteiger partial charge is 0.401 e. The first-order valence-electron chi connectivity index (χ1n) is 7.80. The molecule has 1 aliphatic rings. The maximum absolute atomic E-state index is 10.6. The molecule has 1 aromatic carbocycles. The summed E-state index contributed by atoms with van der Waals surface area (Å²) in [5.74, 6) is 1.60.